The number of halogens is 1. The highest BCUT2D eigenvalue weighted by Gasteiger charge is 2.12. The number of aryl methyl sites for hydroxylation is 4. The van der Waals surface area contributed by atoms with Crippen LogP contribution in [0, 0.1) is 13.8 Å². The Hall–Kier alpha value is -5.39. The smallest absolute Gasteiger partial charge is 0.120 e. The lowest BCUT2D eigenvalue weighted by atomic mass is 10.0. The van der Waals surface area contributed by atoms with Crippen LogP contribution in [-0.2, 0) is 19.4 Å². The summed E-state index contributed by atoms with van der Waals surface area (Å²) in [5.74, 6) is 0.812. The molecule has 5 nitrogen and oxygen atoms in total. The zero-order valence-corrected chi connectivity index (χ0v) is 27.2. The van der Waals surface area contributed by atoms with Crippen LogP contribution in [0.4, 0.5) is 22.7 Å². The van der Waals surface area contributed by atoms with E-state index in [4.69, 9.17) is 26.3 Å². The summed E-state index contributed by atoms with van der Waals surface area (Å²) in [6.45, 7) is 4.56. The predicted molar refractivity (Wildman–Crippen MR) is 196 cm³/mol. The summed E-state index contributed by atoms with van der Waals surface area (Å²) in [4.78, 5) is 9.49. The molecule has 0 bridgehead atoms. The summed E-state index contributed by atoms with van der Waals surface area (Å²) in [6.07, 6.45) is 1.72. The van der Waals surface area contributed by atoms with Crippen LogP contribution >= 0.6 is 11.6 Å². The molecule has 47 heavy (non-hydrogen) atoms. The van der Waals surface area contributed by atoms with Crippen LogP contribution in [0.15, 0.2) is 127 Å². The van der Waals surface area contributed by atoms with Gasteiger partial charge in [-0.15, -0.1) is 0 Å². The van der Waals surface area contributed by atoms with Crippen molar-refractivity contribution in [3.63, 3.8) is 0 Å². The molecule has 0 radical (unpaired) electrons. The lowest BCUT2D eigenvalue weighted by Crippen LogP contribution is -2.02. The van der Waals surface area contributed by atoms with Crippen LogP contribution in [0.25, 0.3) is 21.8 Å². The number of nitrogens with one attached hydrogen (secondary N) is 2. The van der Waals surface area contributed by atoms with Gasteiger partial charge in [0.05, 0.1) is 11.0 Å². The number of fused-ring (bicyclic) bond motifs is 2. The molecule has 2 N–H and O–H groups in total. The van der Waals surface area contributed by atoms with Crippen LogP contribution < -0.4 is 15.4 Å². The normalized spacial score (nSPS) is 11.1. The van der Waals surface area contributed by atoms with Gasteiger partial charge in [-0.1, -0.05) is 78.3 Å². The molecule has 5 aromatic carbocycles. The number of para-hydroxylation sites is 2. The first kappa shape index (κ1) is 30.3. The molecule has 232 valence electrons. The molecule has 0 aliphatic carbocycles. The molecule has 7 aromatic rings. The highest BCUT2D eigenvalue weighted by atomic mass is 35.5. The van der Waals surface area contributed by atoms with Gasteiger partial charge in [0.1, 0.15) is 12.4 Å². The van der Waals surface area contributed by atoms with E-state index in [1.165, 1.54) is 11.1 Å². The second kappa shape index (κ2) is 13.5. The van der Waals surface area contributed by atoms with E-state index in [0.717, 1.165) is 80.1 Å². The number of benzene rings is 5. The summed E-state index contributed by atoms with van der Waals surface area (Å²) in [7, 11) is 0. The Bertz CT molecular complexity index is 2200. The molecular formula is C41H35ClN4O. The van der Waals surface area contributed by atoms with Crippen LogP contribution in [0.1, 0.15) is 28.1 Å². The van der Waals surface area contributed by atoms with Crippen molar-refractivity contribution >= 4 is 56.2 Å². The molecule has 0 aliphatic heterocycles. The van der Waals surface area contributed by atoms with Gasteiger partial charge in [0.2, 0.25) is 0 Å². The average molecular weight is 635 g/mol. The monoisotopic (exact) mass is 634 g/mol. The molecule has 0 amide bonds. The molecule has 7 rings (SSSR count). The van der Waals surface area contributed by atoms with E-state index in [1.807, 2.05) is 62.4 Å². The summed E-state index contributed by atoms with van der Waals surface area (Å²) in [5.41, 5.74) is 11.5. The van der Waals surface area contributed by atoms with Gasteiger partial charge in [-0.05, 0) is 104 Å². The second-order valence-electron chi connectivity index (χ2n) is 11.8. The highest BCUT2D eigenvalue weighted by molar-refractivity contribution is 6.31. The first-order valence-corrected chi connectivity index (χ1v) is 16.2. The minimum absolute atomic E-state index is 0.512. The third-order valence-electron chi connectivity index (χ3n) is 8.29. The molecule has 0 spiro atoms. The van der Waals surface area contributed by atoms with Crippen LogP contribution in [-0.4, -0.2) is 9.97 Å². The van der Waals surface area contributed by atoms with Crippen molar-refractivity contribution in [2.45, 2.75) is 33.3 Å². The fraction of sp³-hybridized carbons (Fsp3) is 0.122. The standard InChI is InChI=1S/C41H35ClN4O/c1-27-22-40(34-24-32(42)18-20-38(34)43-27)45-36-14-8-6-12-30(36)16-17-31-13-7-9-15-37(31)46-41-23-28(2)44-39-21-19-33(25-35(39)41)47-26-29-10-4-3-5-11-29/h3-15,18-25H,16-17,26H2,1-2H3,(H,43,45)(H,44,46). The fourth-order valence-electron chi connectivity index (χ4n) is 5.99. The van der Waals surface area contributed by atoms with Crippen molar-refractivity contribution in [2.24, 2.45) is 0 Å². The summed E-state index contributed by atoms with van der Waals surface area (Å²) in [6, 6.07) is 43.3. The maximum absolute atomic E-state index is 6.37. The van der Waals surface area contributed by atoms with Crippen LogP contribution in [0.5, 0.6) is 5.75 Å². The summed E-state index contributed by atoms with van der Waals surface area (Å²) in [5, 5.41) is 10.2. The van der Waals surface area contributed by atoms with Crippen LogP contribution in [0.3, 0.4) is 0 Å². The third-order valence-corrected chi connectivity index (χ3v) is 8.53. The summed E-state index contributed by atoms with van der Waals surface area (Å²) < 4.78 is 6.17. The van der Waals surface area contributed by atoms with Crippen molar-refractivity contribution in [3.05, 3.63) is 160 Å². The van der Waals surface area contributed by atoms with Crippen molar-refractivity contribution in [1.82, 2.24) is 9.97 Å². The Balaban J connectivity index is 1.13. The fourth-order valence-corrected chi connectivity index (χ4v) is 6.16. The number of ether oxygens (including phenoxy) is 1. The van der Waals surface area contributed by atoms with E-state index in [-0.39, 0.29) is 0 Å². The molecular weight excluding hydrogens is 600 g/mol. The third kappa shape index (κ3) is 7.06. The van der Waals surface area contributed by atoms with Crippen molar-refractivity contribution in [3.8, 4) is 5.75 Å². The molecule has 0 saturated carbocycles. The number of pyridine rings is 2. The first-order valence-electron chi connectivity index (χ1n) is 15.8. The second-order valence-corrected chi connectivity index (χ2v) is 12.2. The Morgan fingerprint density at radius 1 is 0.553 bits per heavy atom. The van der Waals surface area contributed by atoms with Gasteiger partial charge >= 0.3 is 0 Å². The quantitative estimate of drug-likeness (QED) is 0.157. The van der Waals surface area contributed by atoms with E-state index < -0.39 is 0 Å². The topological polar surface area (TPSA) is 59.1 Å². The Morgan fingerprint density at radius 3 is 1.70 bits per heavy atom. The van der Waals surface area contributed by atoms with Crippen LogP contribution in [0.2, 0.25) is 5.02 Å². The number of hydrogen-bond donors (Lipinski definition) is 2. The number of anilines is 4. The minimum atomic E-state index is 0.512. The Kier molecular flexibility index (Phi) is 8.72. The predicted octanol–water partition coefficient (Wildman–Crippen LogP) is 10.9. The van der Waals surface area contributed by atoms with Gasteiger partial charge in [0.15, 0.2) is 0 Å². The van der Waals surface area contributed by atoms with Gasteiger partial charge in [-0.25, -0.2) is 0 Å². The maximum atomic E-state index is 6.37. The number of rotatable bonds is 10. The van der Waals surface area contributed by atoms with E-state index >= 15 is 0 Å². The molecule has 0 aliphatic rings. The van der Waals surface area contributed by atoms with E-state index in [0.29, 0.717) is 11.6 Å². The van der Waals surface area contributed by atoms with Gasteiger partial charge in [-0.2, -0.15) is 0 Å². The number of aromatic nitrogens is 2. The zero-order chi connectivity index (χ0) is 32.2. The SMILES string of the molecule is Cc1cc(Nc2ccccc2CCc2ccccc2Nc2cc(C)nc3ccc(OCc4ccccc4)cc23)c2cc(Cl)ccc2n1. The number of nitrogens with zero attached hydrogens (tertiary/aromatic N) is 2. The molecule has 2 aromatic heterocycles. The van der Waals surface area contributed by atoms with Gasteiger partial charge in [0, 0.05) is 49.9 Å². The van der Waals surface area contributed by atoms with Crippen molar-refractivity contribution in [1.29, 1.82) is 0 Å². The molecule has 0 fully saturated rings. The minimum Gasteiger partial charge on any atom is -0.489 e. The lowest BCUT2D eigenvalue weighted by molar-refractivity contribution is 0.306. The molecule has 0 saturated heterocycles. The molecule has 6 heteroatoms. The molecule has 2 heterocycles. The lowest BCUT2D eigenvalue weighted by Gasteiger charge is -2.17. The van der Waals surface area contributed by atoms with Crippen molar-refractivity contribution < 1.29 is 4.74 Å². The Labute approximate surface area is 280 Å². The highest BCUT2D eigenvalue weighted by Crippen LogP contribution is 2.33. The van der Waals surface area contributed by atoms with Crippen molar-refractivity contribution in [2.75, 3.05) is 10.6 Å². The van der Waals surface area contributed by atoms with E-state index in [2.05, 4.69) is 89.5 Å². The molecule has 0 unspecified atom stereocenters. The Morgan fingerprint density at radius 2 is 1.09 bits per heavy atom. The average Bonchev–Trinajstić information content (AvgIpc) is 3.08. The largest absolute Gasteiger partial charge is 0.489 e. The number of hydrogen-bond acceptors (Lipinski definition) is 5. The van der Waals surface area contributed by atoms with E-state index in [9.17, 15) is 0 Å². The summed E-state index contributed by atoms with van der Waals surface area (Å²) >= 11 is 6.37. The maximum Gasteiger partial charge on any atom is 0.120 e. The van der Waals surface area contributed by atoms with Gasteiger partial charge in [0.25, 0.3) is 0 Å². The van der Waals surface area contributed by atoms with Gasteiger partial charge in [-0.3, -0.25) is 9.97 Å². The first-order chi connectivity index (χ1) is 23.0. The van der Waals surface area contributed by atoms with E-state index in [1.54, 1.807) is 0 Å². The van der Waals surface area contributed by atoms with Gasteiger partial charge < -0.3 is 15.4 Å². The zero-order valence-electron chi connectivity index (χ0n) is 26.4. The molecule has 0 atom stereocenters.